The smallest absolute Gasteiger partial charge is 0.407 e. The molecule has 0 spiro atoms. The Balaban J connectivity index is 1.55. The summed E-state index contributed by atoms with van der Waals surface area (Å²) in [6.07, 6.45) is 6.16. The number of hydrogen-bond acceptors (Lipinski definition) is 8. The minimum atomic E-state index is -0.532. The highest BCUT2D eigenvalue weighted by Gasteiger charge is 2.21. The van der Waals surface area contributed by atoms with Crippen LogP contribution in [0, 0.1) is 0 Å². The fourth-order valence-electron chi connectivity index (χ4n) is 4.13. The number of alkyl carbamates (subject to hydrolysis) is 1. The molecule has 1 aliphatic heterocycles. The first-order chi connectivity index (χ1) is 18.2. The van der Waals surface area contributed by atoms with Gasteiger partial charge < -0.3 is 29.6 Å². The van der Waals surface area contributed by atoms with E-state index in [9.17, 15) is 14.4 Å². The summed E-state index contributed by atoms with van der Waals surface area (Å²) in [6.45, 7) is 6.87. The third-order valence-electron chi connectivity index (χ3n) is 5.94. The van der Waals surface area contributed by atoms with Crippen molar-refractivity contribution < 1.29 is 33.3 Å². The maximum Gasteiger partial charge on any atom is 0.407 e. The molecule has 210 valence electrons. The molecule has 0 radical (unpaired) electrons. The number of anilines is 1. The Kier molecular flexibility index (Phi) is 10.9. The monoisotopic (exact) mass is 532 g/mol. The quantitative estimate of drug-likeness (QED) is 0.309. The van der Waals surface area contributed by atoms with E-state index in [1.807, 2.05) is 37.6 Å². The molecule has 2 heterocycles. The molecule has 0 bridgehead atoms. The number of amides is 2. The van der Waals surface area contributed by atoms with Gasteiger partial charge in [0, 0.05) is 31.6 Å². The Labute approximate surface area is 223 Å². The van der Waals surface area contributed by atoms with Crippen LogP contribution in [0.2, 0.25) is 0 Å². The van der Waals surface area contributed by atoms with E-state index in [0.717, 1.165) is 35.7 Å². The number of unbranched alkanes of at least 4 members (excludes halogenated alkanes) is 1. The number of benzene rings is 1. The Morgan fingerprint density at radius 3 is 2.71 bits per heavy atom. The molecule has 1 aromatic heterocycles. The molecular weight excluding hydrogens is 492 g/mol. The number of nitrogens with one attached hydrogen (secondary N) is 2. The molecule has 2 amide bonds. The number of nitrogens with zero attached hydrogens (tertiary/aromatic N) is 2. The minimum Gasteiger partial charge on any atom is -0.469 e. The molecule has 11 nitrogen and oxygen atoms in total. The van der Waals surface area contributed by atoms with Crippen LogP contribution >= 0.6 is 0 Å². The summed E-state index contributed by atoms with van der Waals surface area (Å²) in [4.78, 5) is 36.0. The van der Waals surface area contributed by atoms with Crippen molar-refractivity contribution in [3.05, 3.63) is 23.9 Å². The average Bonchev–Trinajstić information content (AvgIpc) is 3.30. The van der Waals surface area contributed by atoms with Gasteiger partial charge in [-0.25, -0.2) is 9.48 Å². The van der Waals surface area contributed by atoms with Crippen LogP contribution in [0.1, 0.15) is 71.1 Å². The Morgan fingerprint density at radius 2 is 2.00 bits per heavy atom. The Bertz CT molecular complexity index is 1090. The average molecular weight is 533 g/mol. The molecule has 2 N–H and O–H groups in total. The number of fused-ring (bicyclic) bond motifs is 1. The van der Waals surface area contributed by atoms with Crippen LogP contribution in [0.3, 0.4) is 0 Å². The predicted octanol–water partition coefficient (Wildman–Crippen LogP) is 4.10. The van der Waals surface area contributed by atoms with Crippen LogP contribution in [0.15, 0.2) is 18.3 Å². The Morgan fingerprint density at radius 1 is 1.18 bits per heavy atom. The van der Waals surface area contributed by atoms with Crippen molar-refractivity contribution in [1.29, 1.82) is 0 Å². The number of aromatic nitrogens is 2. The van der Waals surface area contributed by atoms with Crippen LogP contribution < -0.4 is 10.6 Å². The van der Waals surface area contributed by atoms with Crippen molar-refractivity contribution in [3.8, 4) is 0 Å². The van der Waals surface area contributed by atoms with Gasteiger partial charge in [-0.3, -0.25) is 9.59 Å². The van der Waals surface area contributed by atoms with Crippen LogP contribution in [-0.4, -0.2) is 66.8 Å². The van der Waals surface area contributed by atoms with E-state index in [1.54, 1.807) is 6.20 Å². The first kappa shape index (κ1) is 29.4. The lowest BCUT2D eigenvalue weighted by Crippen LogP contribution is -2.33. The van der Waals surface area contributed by atoms with Gasteiger partial charge in [-0.1, -0.05) is 0 Å². The van der Waals surface area contributed by atoms with E-state index in [-0.39, 0.29) is 31.1 Å². The molecular formula is C27H40N4O7. The van der Waals surface area contributed by atoms with Gasteiger partial charge in [0.25, 0.3) is 0 Å². The molecule has 2 aromatic rings. The van der Waals surface area contributed by atoms with E-state index < -0.39 is 11.7 Å². The minimum absolute atomic E-state index is 0.104. The molecule has 1 fully saturated rings. The second-order valence-electron chi connectivity index (χ2n) is 10.3. The first-order valence-corrected chi connectivity index (χ1v) is 13.2. The van der Waals surface area contributed by atoms with Gasteiger partial charge in [0.15, 0.2) is 6.23 Å². The summed E-state index contributed by atoms with van der Waals surface area (Å²) in [5.41, 5.74) is 1.80. The summed E-state index contributed by atoms with van der Waals surface area (Å²) < 4.78 is 23.3. The summed E-state index contributed by atoms with van der Waals surface area (Å²) in [5.74, 6) is -0.584. The molecule has 11 heteroatoms. The van der Waals surface area contributed by atoms with Gasteiger partial charge in [0.05, 0.1) is 24.5 Å². The van der Waals surface area contributed by atoms with Gasteiger partial charge in [0.2, 0.25) is 5.91 Å². The number of methoxy groups -OCH3 is 1. The zero-order chi connectivity index (χ0) is 27.5. The number of carbonyl (C=O) groups excluding carboxylic acids is 3. The zero-order valence-electron chi connectivity index (χ0n) is 22.8. The van der Waals surface area contributed by atoms with Crippen LogP contribution in [-0.2, 0) is 35.0 Å². The standard InChI is InChI=1S/C27H40N4O7/c1-27(2,3)38-26(34)28-12-6-8-13-36-18-23(32)30-21-15-19(10-11-25(33)35-4)16-22-20(21)17-29-31(22)24-9-5-7-14-37-24/h15-17,24H,5-14,18H2,1-4H3,(H,28,34)(H,30,32). The fourth-order valence-corrected chi connectivity index (χ4v) is 4.13. The third-order valence-corrected chi connectivity index (χ3v) is 5.94. The second kappa shape index (κ2) is 14.1. The van der Waals surface area contributed by atoms with Crippen molar-refractivity contribution in [2.24, 2.45) is 0 Å². The van der Waals surface area contributed by atoms with Crippen LogP contribution in [0.5, 0.6) is 0 Å². The zero-order valence-corrected chi connectivity index (χ0v) is 22.8. The van der Waals surface area contributed by atoms with E-state index in [4.69, 9.17) is 18.9 Å². The topological polar surface area (TPSA) is 130 Å². The van der Waals surface area contributed by atoms with Crippen LogP contribution in [0.25, 0.3) is 10.9 Å². The second-order valence-corrected chi connectivity index (χ2v) is 10.3. The predicted molar refractivity (Wildman–Crippen MR) is 142 cm³/mol. The number of esters is 1. The molecule has 38 heavy (non-hydrogen) atoms. The highest BCUT2D eigenvalue weighted by Crippen LogP contribution is 2.31. The van der Waals surface area contributed by atoms with E-state index in [1.165, 1.54) is 7.11 Å². The summed E-state index contributed by atoms with van der Waals surface area (Å²) in [5, 5.41) is 11.0. The SMILES string of the molecule is COC(=O)CCc1cc(NC(=O)COCCCCNC(=O)OC(C)(C)C)c2cnn(C3CCCCO3)c2c1. The van der Waals surface area contributed by atoms with Crippen molar-refractivity contribution in [1.82, 2.24) is 15.1 Å². The molecule has 1 atom stereocenters. The Hall–Kier alpha value is -3.18. The summed E-state index contributed by atoms with van der Waals surface area (Å²) in [6, 6.07) is 3.85. The number of ether oxygens (including phenoxy) is 4. The van der Waals surface area contributed by atoms with E-state index in [0.29, 0.717) is 44.7 Å². The first-order valence-electron chi connectivity index (χ1n) is 13.2. The van der Waals surface area contributed by atoms with Crippen molar-refractivity contribution >= 4 is 34.6 Å². The lowest BCUT2D eigenvalue weighted by molar-refractivity contribution is -0.140. The van der Waals surface area contributed by atoms with Crippen molar-refractivity contribution in [2.75, 3.05) is 38.8 Å². The number of hydrogen-bond donors (Lipinski definition) is 2. The van der Waals surface area contributed by atoms with Gasteiger partial charge in [-0.2, -0.15) is 5.10 Å². The molecule has 0 aliphatic carbocycles. The highest BCUT2D eigenvalue weighted by atomic mass is 16.6. The van der Waals surface area contributed by atoms with Gasteiger partial charge in [0.1, 0.15) is 12.2 Å². The van der Waals surface area contributed by atoms with Gasteiger partial charge in [-0.15, -0.1) is 0 Å². The van der Waals surface area contributed by atoms with Gasteiger partial charge in [-0.05, 0) is 77.0 Å². The van der Waals surface area contributed by atoms with Crippen molar-refractivity contribution in [2.45, 2.75) is 77.5 Å². The summed E-state index contributed by atoms with van der Waals surface area (Å²) in [7, 11) is 1.37. The third kappa shape index (κ3) is 9.29. The lowest BCUT2D eigenvalue weighted by Gasteiger charge is -2.23. The van der Waals surface area contributed by atoms with E-state index >= 15 is 0 Å². The largest absolute Gasteiger partial charge is 0.469 e. The normalized spacial score (nSPS) is 15.7. The number of rotatable bonds is 12. The van der Waals surface area contributed by atoms with Gasteiger partial charge >= 0.3 is 12.1 Å². The highest BCUT2D eigenvalue weighted by molar-refractivity contribution is 6.02. The molecule has 1 aliphatic rings. The molecule has 1 aromatic carbocycles. The fraction of sp³-hybridized carbons (Fsp3) is 0.630. The molecule has 1 saturated heterocycles. The lowest BCUT2D eigenvalue weighted by atomic mass is 10.1. The maximum atomic E-state index is 12.7. The maximum absolute atomic E-state index is 12.7. The number of aryl methyl sites for hydroxylation is 1. The van der Waals surface area contributed by atoms with Crippen molar-refractivity contribution in [3.63, 3.8) is 0 Å². The number of carbonyl (C=O) groups is 3. The molecule has 0 saturated carbocycles. The van der Waals surface area contributed by atoms with Crippen LogP contribution in [0.4, 0.5) is 10.5 Å². The molecule has 3 rings (SSSR count). The summed E-state index contributed by atoms with van der Waals surface area (Å²) >= 11 is 0. The van der Waals surface area contributed by atoms with E-state index in [2.05, 4.69) is 15.7 Å². The molecule has 1 unspecified atom stereocenters.